The first-order valence-corrected chi connectivity index (χ1v) is 10.0. The summed E-state index contributed by atoms with van der Waals surface area (Å²) in [4.78, 5) is 13.4. The van der Waals surface area contributed by atoms with Crippen molar-refractivity contribution in [1.29, 1.82) is 0 Å². The summed E-state index contributed by atoms with van der Waals surface area (Å²) >= 11 is 0. The number of benzene rings is 1. The molecular weight excluding hydrogens is 373 g/mol. The molecule has 0 bridgehead atoms. The van der Waals surface area contributed by atoms with E-state index in [1.54, 1.807) is 6.07 Å². The number of aromatic nitrogens is 3. The van der Waals surface area contributed by atoms with E-state index in [9.17, 15) is 4.39 Å². The maximum atomic E-state index is 14.2. The minimum Gasteiger partial charge on any atom is -0.371 e. The first-order chi connectivity index (χ1) is 14.0. The molecule has 29 heavy (non-hydrogen) atoms. The van der Waals surface area contributed by atoms with Gasteiger partial charge in [0.05, 0.1) is 6.54 Å². The van der Waals surface area contributed by atoms with E-state index in [1.165, 1.54) is 6.07 Å². The van der Waals surface area contributed by atoms with Gasteiger partial charge in [-0.15, -0.1) is 0 Å². The molecule has 1 unspecified atom stereocenters. The van der Waals surface area contributed by atoms with Gasteiger partial charge in [-0.25, -0.2) is 9.37 Å². The molecule has 1 saturated heterocycles. The topological polar surface area (TPSA) is 67.5 Å². The van der Waals surface area contributed by atoms with E-state index in [0.717, 1.165) is 42.9 Å². The number of pyridine rings is 1. The number of anilines is 1. The van der Waals surface area contributed by atoms with Crippen molar-refractivity contribution in [3.05, 3.63) is 47.5 Å². The molecule has 3 heterocycles. The summed E-state index contributed by atoms with van der Waals surface area (Å²) in [5.74, 6) is 0.910. The van der Waals surface area contributed by atoms with E-state index in [4.69, 9.17) is 9.26 Å². The largest absolute Gasteiger partial charge is 0.371 e. The Labute approximate surface area is 169 Å². The zero-order valence-electron chi connectivity index (χ0n) is 17.1. The highest BCUT2D eigenvalue weighted by Crippen LogP contribution is 2.29. The first kappa shape index (κ1) is 19.7. The van der Waals surface area contributed by atoms with Crippen LogP contribution >= 0.6 is 0 Å². The smallest absolute Gasteiger partial charge is 0.240 e. The molecular formula is C21H26FN5O2. The molecule has 8 heteroatoms. The SMILES string of the molecule is CCOC(C)c1noc(CN2CCN(c3cc(C)nc4c(F)cccc34)CC2)n1. The molecule has 1 aromatic carbocycles. The van der Waals surface area contributed by atoms with Gasteiger partial charge in [-0.1, -0.05) is 17.3 Å². The summed E-state index contributed by atoms with van der Waals surface area (Å²) in [6, 6.07) is 7.18. The predicted octanol–water partition coefficient (Wildman–Crippen LogP) is 3.49. The molecule has 0 saturated carbocycles. The van der Waals surface area contributed by atoms with Crippen LogP contribution in [0.3, 0.4) is 0 Å². The van der Waals surface area contributed by atoms with Gasteiger partial charge < -0.3 is 14.2 Å². The number of rotatable bonds is 6. The Bertz CT molecular complexity index is 984. The lowest BCUT2D eigenvalue weighted by atomic mass is 10.1. The minimum atomic E-state index is -0.278. The molecule has 0 amide bonds. The van der Waals surface area contributed by atoms with Gasteiger partial charge in [0.1, 0.15) is 17.4 Å². The maximum absolute atomic E-state index is 14.2. The molecule has 154 valence electrons. The quantitative estimate of drug-likeness (QED) is 0.629. The summed E-state index contributed by atoms with van der Waals surface area (Å²) < 4.78 is 25.1. The van der Waals surface area contributed by atoms with Crippen molar-refractivity contribution < 1.29 is 13.7 Å². The highest BCUT2D eigenvalue weighted by atomic mass is 19.1. The highest BCUT2D eigenvalue weighted by molar-refractivity contribution is 5.92. The van der Waals surface area contributed by atoms with Crippen LogP contribution in [-0.4, -0.2) is 52.8 Å². The van der Waals surface area contributed by atoms with E-state index >= 15 is 0 Å². The number of ether oxygens (including phenoxy) is 1. The molecule has 4 rings (SSSR count). The predicted molar refractivity (Wildman–Crippen MR) is 108 cm³/mol. The fourth-order valence-electron chi connectivity index (χ4n) is 3.74. The minimum absolute atomic E-state index is 0.169. The Morgan fingerprint density at radius 3 is 2.76 bits per heavy atom. The second-order valence-electron chi connectivity index (χ2n) is 7.33. The number of aryl methyl sites for hydroxylation is 1. The molecule has 0 radical (unpaired) electrons. The van der Waals surface area contributed by atoms with Crippen molar-refractivity contribution >= 4 is 16.6 Å². The molecule has 2 aromatic heterocycles. The normalized spacial score (nSPS) is 16.5. The standard InChI is InChI=1S/C21H26FN5O2/c1-4-28-15(3)21-24-19(29-25-21)13-26-8-10-27(11-9-26)18-12-14(2)23-20-16(18)6-5-7-17(20)22/h5-7,12,15H,4,8-11,13H2,1-3H3. The number of hydrogen-bond acceptors (Lipinski definition) is 7. The van der Waals surface area contributed by atoms with Crippen LogP contribution in [0.2, 0.25) is 0 Å². The first-order valence-electron chi connectivity index (χ1n) is 10.0. The average Bonchev–Trinajstić information content (AvgIpc) is 3.18. The lowest BCUT2D eigenvalue weighted by Gasteiger charge is -2.36. The summed E-state index contributed by atoms with van der Waals surface area (Å²) in [6.45, 7) is 10.4. The fourth-order valence-corrected chi connectivity index (χ4v) is 3.74. The highest BCUT2D eigenvalue weighted by Gasteiger charge is 2.22. The Morgan fingerprint density at radius 1 is 1.21 bits per heavy atom. The van der Waals surface area contributed by atoms with Crippen LogP contribution in [0.15, 0.2) is 28.8 Å². The second kappa shape index (κ2) is 8.42. The second-order valence-corrected chi connectivity index (χ2v) is 7.33. The molecule has 1 fully saturated rings. The van der Waals surface area contributed by atoms with Crippen LogP contribution in [0.1, 0.15) is 37.4 Å². The zero-order chi connectivity index (χ0) is 20.4. The molecule has 3 aromatic rings. The maximum Gasteiger partial charge on any atom is 0.240 e. The zero-order valence-corrected chi connectivity index (χ0v) is 17.1. The van der Waals surface area contributed by atoms with Gasteiger partial charge in [-0.3, -0.25) is 4.90 Å². The van der Waals surface area contributed by atoms with Crippen molar-refractivity contribution in [3.63, 3.8) is 0 Å². The van der Waals surface area contributed by atoms with Crippen molar-refractivity contribution in [3.8, 4) is 0 Å². The van der Waals surface area contributed by atoms with Crippen LogP contribution < -0.4 is 4.90 Å². The van der Waals surface area contributed by atoms with Crippen LogP contribution in [-0.2, 0) is 11.3 Å². The molecule has 1 aliphatic rings. The van der Waals surface area contributed by atoms with Crippen molar-refractivity contribution in [1.82, 2.24) is 20.0 Å². The Balaban J connectivity index is 1.43. The lowest BCUT2D eigenvalue weighted by molar-refractivity contribution is 0.0683. The van der Waals surface area contributed by atoms with E-state index in [2.05, 4.69) is 24.9 Å². The molecule has 0 spiro atoms. The van der Waals surface area contributed by atoms with Crippen molar-refractivity contribution in [2.24, 2.45) is 0 Å². The third-order valence-electron chi connectivity index (χ3n) is 5.23. The number of piperazine rings is 1. The monoisotopic (exact) mass is 399 g/mol. The molecule has 1 atom stereocenters. The third kappa shape index (κ3) is 4.23. The van der Waals surface area contributed by atoms with Crippen molar-refractivity contribution in [2.75, 3.05) is 37.7 Å². The molecule has 7 nitrogen and oxygen atoms in total. The van der Waals surface area contributed by atoms with Gasteiger partial charge in [-0.2, -0.15) is 4.98 Å². The molecule has 1 aliphatic heterocycles. The Kier molecular flexibility index (Phi) is 5.73. The third-order valence-corrected chi connectivity index (χ3v) is 5.23. The van der Waals surface area contributed by atoms with Gasteiger partial charge in [0.15, 0.2) is 5.82 Å². The van der Waals surface area contributed by atoms with Crippen LogP contribution in [0, 0.1) is 12.7 Å². The molecule has 0 N–H and O–H groups in total. The molecule has 0 aliphatic carbocycles. The number of nitrogens with zero attached hydrogens (tertiary/aromatic N) is 5. The summed E-state index contributed by atoms with van der Waals surface area (Å²) in [5.41, 5.74) is 2.30. The fraction of sp³-hybridized carbons (Fsp3) is 0.476. The van der Waals surface area contributed by atoms with Gasteiger partial charge in [0.2, 0.25) is 5.89 Å². The van der Waals surface area contributed by atoms with Crippen LogP contribution in [0.5, 0.6) is 0 Å². The van der Waals surface area contributed by atoms with Gasteiger partial charge >= 0.3 is 0 Å². The number of para-hydroxylation sites is 1. The lowest BCUT2D eigenvalue weighted by Crippen LogP contribution is -2.46. The van der Waals surface area contributed by atoms with Crippen LogP contribution in [0.4, 0.5) is 10.1 Å². The van der Waals surface area contributed by atoms with E-state index in [1.807, 2.05) is 32.9 Å². The summed E-state index contributed by atoms with van der Waals surface area (Å²) in [5, 5.41) is 4.88. The number of halogens is 1. The Hall–Kier alpha value is -2.58. The number of hydrogen-bond donors (Lipinski definition) is 0. The van der Waals surface area contributed by atoms with E-state index in [0.29, 0.717) is 30.4 Å². The van der Waals surface area contributed by atoms with Gasteiger partial charge in [0.25, 0.3) is 0 Å². The van der Waals surface area contributed by atoms with E-state index < -0.39 is 0 Å². The number of fused-ring (bicyclic) bond motifs is 1. The van der Waals surface area contributed by atoms with E-state index in [-0.39, 0.29) is 11.9 Å². The summed E-state index contributed by atoms with van der Waals surface area (Å²) in [6.07, 6.45) is -0.169. The van der Waals surface area contributed by atoms with Gasteiger partial charge in [0, 0.05) is 49.6 Å². The summed E-state index contributed by atoms with van der Waals surface area (Å²) in [7, 11) is 0. The Morgan fingerprint density at radius 2 is 2.00 bits per heavy atom. The van der Waals surface area contributed by atoms with Gasteiger partial charge in [-0.05, 0) is 32.9 Å². The average molecular weight is 399 g/mol. The van der Waals surface area contributed by atoms with Crippen LogP contribution in [0.25, 0.3) is 10.9 Å². The van der Waals surface area contributed by atoms with Crippen molar-refractivity contribution in [2.45, 2.75) is 33.4 Å².